The van der Waals surface area contributed by atoms with Crippen molar-refractivity contribution in [3.05, 3.63) is 30.1 Å². The number of nitrogens with zero attached hydrogens (tertiary/aromatic N) is 3. The summed E-state index contributed by atoms with van der Waals surface area (Å²) in [6.07, 6.45) is 8.20. The van der Waals surface area contributed by atoms with Gasteiger partial charge < -0.3 is 15.0 Å². The molecule has 2 aliphatic heterocycles. The maximum atomic E-state index is 12.3. The van der Waals surface area contributed by atoms with Crippen molar-refractivity contribution in [1.82, 2.24) is 15.1 Å². The van der Waals surface area contributed by atoms with Gasteiger partial charge in [0.15, 0.2) is 0 Å². The molecule has 1 N–H and O–H groups in total. The first-order valence-corrected chi connectivity index (χ1v) is 11.3. The molecule has 0 saturated carbocycles. The zero-order valence-electron chi connectivity index (χ0n) is 18.6. The van der Waals surface area contributed by atoms with E-state index < -0.39 is 0 Å². The standard InChI is InChI=1S/C24H34N4O2/c1-16(2)15-30-24-21(19-13-26-27(14-19)20-9-11-25-12-10-20)7-8-23-22(24)6-5-17(3)28(23)18(4)29/h7-8,13-14,16-17,20,25H,5-6,9-12,15H2,1-4H3. The molecule has 162 valence electrons. The fraction of sp³-hybridized carbons (Fsp3) is 0.583. The van der Waals surface area contributed by atoms with Crippen LogP contribution in [0.2, 0.25) is 0 Å². The van der Waals surface area contributed by atoms with Crippen molar-refractivity contribution >= 4 is 11.6 Å². The third-order valence-electron chi connectivity index (χ3n) is 6.24. The Balaban J connectivity index is 1.74. The van der Waals surface area contributed by atoms with Gasteiger partial charge in [-0.1, -0.05) is 13.8 Å². The van der Waals surface area contributed by atoms with Crippen molar-refractivity contribution in [1.29, 1.82) is 0 Å². The van der Waals surface area contributed by atoms with Gasteiger partial charge in [-0.25, -0.2) is 0 Å². The van der Waals surface area contributed by atoms with Crippen LogP contribution >= 0.6 is 0 Å². The van der Waals surface area contributed by atoms with E-state index in [0.29, 0.717) is 18.6 Å². The van der Waals surface area contributed by atoms with E-state index in [0.717, 1.165) is 66.9 Å². The third kappa shape index (κ3) is 4.10. The van der Waals surface area contributed by atoms with Gasteiger partial charge in [0.1, 0.15) is 5.75 Å². The molecule has 0 bridgehead atoms. The fourth-order valence-corrected chi connectivity index (χ4v) is 4.67. The van der Waals surface area contributed by atoms with Crippen LogP contribution in [-0.2, 0) is 11.2 Å². The van der Waals surface area contributed by atoms with E-state index in [-0.39, 0.29) is 11.9 Å². The van der Waals surface area contributed by atoms with Crippen LogP contribution in [0.25, 0.3) is 11.1 Å². The molecule has 1 saturated heterocycles. The third-order valence-corrected chi connectivity index (χ3v) is 6.24. The van der Waals surface area contributed by atoms with E-state index in [1.807, 2.05) is 11.1 Å². The summed E-state index contributed by atoms with van der Waals surface area (Å²) in [7, 11) is 0. The highest BCUT2D eigenvalue weighted by Gasteiger charge is 2.30. The summed E-state index contributed by atoms with van der Waals surface area (Å²) in [6.45, 7) is 10.8. The minimum absolute atomic E-state index is 0.0877. The summed E-state index contributed by atoms with van der Waals surface area (Å²) in [6, 6.07) is 4.85. The van der Waals surface area contributed by atoms with E-state index in [9.17, 15) is 4.79 Å². The second kappa shape index (κ2) is 8.80. The number of aromatic nitrogens is 2. The lowest BCUT2D eigenvalue weighted by Gasteiger charge is -2.36. The van der Waals surface area contributed by atoms with Crippen molar-refractivity contribution in [2.75, 3.05) is 24.6 Å². The van der Waals surface area contributed by atoms with Crippen molar-refractivity contribution in [3.63, 3.8) is 0 Å². The van der Waals surface area contributed by atoms with Crippen LogP contribution in [-0.4, -0.2) is 41.4 Å². The molecule has 1 fully saturated rings. The lowest BCUT2D eigenvalue weighted by Crippen LogP contribution is -2.40. The average Bonchev–Trinajstić information content (AvgIpc) is 3.22. The summed E-state index contributed by atoms with van der Waals surface area (Å²) in [5, 5.41) is 8.11. The SMILES string of the molecule is CC(=O)N1c2ccc(-c3cnn(C4CCNCC4)c3)c(OCC(C)C)c2CCC1C. The Bertz CT molecular complexity index is 899. The number of carbonyl (C=O) groups is 1. The highest BCUT2D eigenvalue weighted by atomic mass is 16.5. The smallest absolute Gasteiger partial charge is 0.224 e. The van der Waals surface area contributed by atoms with Crippen molar-refractivity contribution in [2.45, 2.75) is 65.5 Å². The van der Waals surface area contributed by atoms with Crippen molar-refractivity contribution < 1.29 is 9.53 Å². The molecule has 6 nitrogen and oxygen atoms in total. The van der Waals surface area contributed by atoms with Crippen LogP contribution in [0.3, 0.4) is 0 Å². The monoisotopic (exact) mass is 410 g/mol. The zero-order chi connectivity index (χ0) is 21.3. The minimum Gasteiger partial charge on any atom is -0.492 e. The number of amides is 1. The Morgan fingerprint density at radius 2 is 2.03 bits per heavy atom. The molecular formula is C24H34N4O2. The molecule has 30 heavy (non-hydrogen) atoms. The fourth-order valence-electron chi connectivity index (χ4n) is 4.67. The predicted octanol–water partition coefficient (Wildman–Crippen LogP) is 4.20. The number of hydrogen-bond acceptors (Lipinski definition) is 4. The first-order chi connectivity index (χ1) is 14.5. The quantitative estimate of drug-likeness (QED) is 0.803. The molecule has 0 radical (unpaired) electrons. The van der Waals surface area contributed by atoms with E-state index in [2.05, 4.69) is 54.2 Å². The molecule has 6 heteroatoms. The van der Waals surface area contributed by atoms with Gasteiger partial charge in [0.05, 0.1) is 24.5 Å². The number of piperidine rings is 1. The normalized spacial score (nSPS) is 19.8. The second-order valence-electron chi connectivity index (χ2n) is 9.11. The Labute approximate surface area is 179 Å². The van der Waals surface area contributed by atoms with Crippen molar-refractivity contribution in [3.8, 4) is 16.9 Å². The van der Waals surface area contributed by atoms with Gasteiger partial charge in [0.25, 0.3) is 0 Å². The Morgan fingerprint density at radius 1 is 1.27 bits per heavy atom. The molecule has 2 aromatic rings. The van der Waals surface area contributed by atoms with E-state index in [4.69, 9.17) is 4.74 Å². The number of hydrogen-bond donors (Lipinski definition) is 1. The maximum Gasteiger partial charge on any atom is 0.224 e. The van der Waals surface area contributed by atoms with Gasteiger partial charge in [-0.15, -0.1) is 0 Å². The summed E-state index contributed by atoms with van der Waals surface area (Å²) >= 11 is 0. The van der Waals surface area contributed by atoms with Crippen LogP contribution in [0.5, 0.6) is 5.75 Å². The molecule has 3 heterocycles. The van der Waals surface area contributed by atoms with Gasteiger partial charge in [-0.05, 0) is 63.7 Å². The molecule has 0 aliphatic carbocycles. The molecule has 2 aliphatic rings. The minimum atomic E-state index is 0.0877. The highest BCUT2D eigenvalue weighted by molar-refractivity contribution is 5.95. The second-order valence-corrected chi connectivity index (χ2v) is 9.11. The van der Waals surface area contributed by atoms with Gasteiger partial charge in [-0.3, -0.25) is 9.48 Å². The lowest BCUT2D eigenvalue weighted by atomic mass is 9.92. The van der Waals surface area contributed by atoms with E-state index in [1.54, 1.807) is 6.92 Å². The van der Waals surface area contributed by atoms with Crippen LogP contribution in [0, 0.1) is 5.92 Å². The summed E-state index contributed by atoms with van der Waals surface area (Å²) in [5.41, 5.74) is 4.31. The predicted molar refractivity (Wildman–Crippen MR) is 120 cm³/mol. The van der Waals surface area contributed by atoms with Crippen LogP contribution in [0.15, 0.2) is 24.5 Å². The van der Waals surface area contributed by atoms with Crippen LogP contribution in [0.4, 0.5) is 5.69 Å². The van der Waals surface area contributed by atoms with Gasteiger partial charge in [0, 0.05) is 35.9 Å². The van der Waals surface area contributed by atoms with Crippen molar-refractivity contribution in [2.24, 2.45) is 5.92 Å². The topological polar surface area (TPSA) is 59.4 Å². The average molecular weight is 411 g/mol. The molecule has 1 aromatic carbocycles. The summed E-state index contributed by atoms with van der Waals surface area (Å²) in [4.78, 5) is 14.3. The zero-order valence-corrected chi connectivity index (χ0v) is 18.6. The number of fused-ring (bicyclic) bond motifs is 1. The molecular weight excluding hydrogens is 376 g/mol. The molecule has 1 amide bonds. The number of benzene rings is 1. The molecule has 1 aromatic heterocycles. The van der Waals surface area contributed by atoms with E-state index in [1.165, 1.54) is 0 Å². The Hall–Kier alpha value is -2.34. The first-order valence-electron chi connectivity index (χ1n) is 11.3. The Morgan fingerprint density at radius 3 is 2.73 bits per heavy atom. The number of ether oxygens (including phenoxy) is 1. The van der Waals surface area contributed by atoms with Crippen LogP contribution in [0.1, 0.15) is 58.6 Å². The first kappa shape index (κ1) is 20.9. The molecule has 4 rings (SSSR count). The molecule has 1 unspecified atom stereocenters. The summed E-state index contributed by atoms with van der Waals surface area (Å²) < 4.78 is 8.50. The highest BCUT2D eigenvalue weighted by Crippen LogP contribution is 2.43. The molecule has 1 atom stereocenters. The number of rotatable bonds is 5. The number of carbonyl (C=O) groups excluding carboxylic acids is 1. The number of nitrogens with one attached hydrogen (secondary N) is 1. The largest absolute Gasteiger partial charge is 0.492 e. The number of anilines is 1. The molecule has 0 spiro atoms. The van der Waals surface area contributed by atoms with Gasteiger partial charge in [0.2, 0.25) is 5.91 Å². The van der Waals surface area contributed by atoms with Gasteiger partial charge >= 0.3 is 0 Å². The van der Waals surface area contributed by atoms with E-state index >= 15 is 0 Å². The summed E-state index contributed by atoms with van der Waals surface area (Å²) in [5.74, 6) is 1.44. The Kier molecular flexibility index (Phi) is 6.14. The van der Waals surface area contributed by atoms with Gasteiger partial charge in [-0.2, -0.15) is 5.10 Å². The van der Waals surface area contributed by atoms with Crippen LogP contribution < -0.4 is 15.0 Å². The maximum absolute atomic E-state index is 12.3. The lowest BCUT2D eigenvalue weighted by molar-refractivity contribution is -0.117.